The van der Waals surface area contributed by atoms with Crippen LogP contribution in [0.3, 0.4) is 0 Å². The Morgan fingerprint density at radius 2 is 1.67 bits per heavy atom. The molecule has 1 saturated carbocycles. The molecular formula is C19H22O2. The summed E-state index contributed by atoms with van der Waals surface area (Å²) in [5.74, 6) is 1.51. The van der Waals surface area contributed by atoms with Crippen LogP contribution in [0.15, 0.2) is 48.5 Å². The van der Waals surface area contributed by atoms with Crippen molar-refractivity contribution in [2.24, 2.45) is 0 Å². The van der Waals surface area contributed by atoms with Crippen LogP contribution < -0.4 is 4.74 Å². The fourth-order valence-corrected chi connectivity index (χ4v) is 2.62. The molecule has 1 unspecified atom stereocenters. The quantitative estimate of drug-likeness (QED) is 0.879. The van der Waals surface area contributed by atoms with E-state index >= 15 is 0 Å². The first-order valence-electron chi connectivity index (χ1n) is 7.68. The van der Waals surface area contributed by atoms with E-state index in [-0.39, 0.29) is 6.10 Å². The highest BCUT2D eigenvalue weighted by molar-refractivity contribution is 5.38. The predicted octanol–water partition coefficient (Wildman–Crippen LogP) is 4.43. The van der Waals surface area contributed by atoms with Crippen LogP contribution in [0, 0.1) is 0 Å². The Hall–Kier alpha value is -1.80. The van der Waals surface area contributed by atoms with Gasteiger partial charge < -0.3 is 9.84 Å². The van der Waals surface area contributed by atoms with Crippen LogP contribution in [0.1, 0.15) is 55.4 Å². The van der Waals surface area contributed by atoms with E-state index in [0.717, 1.165) is 16.9 Å². The molecule has 110 valence electrons. The Balaban J connectivity index is 1.83. The van der Waals surface area contributed by atoms with E-state index in [9.17, 15) is 5.11 Å². The smallest absolute Gasteiger partial charge is 0.120 e. The number of rotatable bonds is 5. The summed E-state index contributed by atoms with van der Waals surface area (Å²) in [7, 11) is 0. The molecule has 0 saturated heterocycles. The van der Waals surface area contributed by atoms with Gasteiger partial charge in [-0.2, -0.15) is 0 Å². The molecule has 0 radical (unpaired) electrons. The summed E-state index contributed by atoms with van der Waals surface area (Å²) < 4.78 is 5.70. The first-order valence-corrected chi connectivity index (χ1v) is 7.68. The minimum atomic E-state index is -0.598. The molecule has 2 nitrogen and oxygen atoms in total. The van der Waals surface area contributed by atoms with Gasteiger partial charge in [-0.3, -0.25) is 0 Å². The average molecular weight is 282 g/mol. The van der Waals surface area contributed by atoms with Gasteiger partial charge in [0.25, 0.3) is 0 Å². The maximum Gasteiger partial charge on any atom is 0.120 e. The van der Waals surface area contributed by atoms with Gasteiger partial charge in [-0.1, -0.05) is 36.4 Å². The summed E-state index contributed by atoms with van der Waals surface area (Å²) in [5.41, 5.74) is 3.18. The summed E-state index contributed by atoms with van der Waals surface area (Å²) in [5, 5.41) is 10.6. The zero-order valence-corrected chi connectivity index (χ0v) is 12.6. The van der Waals surface area contributed by atoms with Gasteiger partial charge in [0.2, 0.25) is 0 Å². The van der Waals surface area contributed by atoms with Gasteiger partial charge in [0.1, 0.15) is 11.9 Å². The third-order valence-corrected chi connectivity index (χ3v) is 3.82. The lowest BCUT2D eigenvalue weighted by Gasteiger charge is -2.15. The number of benzene rings is 2. The second-order valence-electron chi connectivity index (χ2n) is 6.09. The Morgan fingerprint density at radius 1 is 1.00 bits per heavy atom. The van der Waals surface area contributed by atoms with E-state index in [4.69, 9.17) is 4.74 Å². The molecule has 2 aromatic rings. The Bertz CT molecular complexity index is 614. The Kier molecular flexibility index (Phi) is 3.98. The second-order valence-corrected chi connectivity index (χ2v) is 6.09. The topological polar surface area (TPSA) is 29.5 Å². The van der Waals surface area contributed by atoms with Crippen molar-refractivity contribution in [1.29, 1.82) is 0 Å². The minimum absolute atomic E-state index is 0.135. The van der Waals surface area contributed by atoms with Gasteiger partial charge in [0, 0.05) is 0 Å². The molecule has 1 aliphatic carbocycles. The lowest BCUT2D eigenvalue weighted by molar-refractivity contribution is 0.216. The lowest BCUT2D eigenvalue weighted by Crippen LogP contribution is -2.06. The third kappa shape index (κ3) is 3.45. The fraction of sp³-hybridized carbons (Fsp3) is 0.368. The molecular weight excluding hydrogens is 260 g/mol. The van der Waals surface area contributed by atoms with Crippen molar-refractivity contribution in [1.82, 2.24) is 0 Å². The van der Waals surface area contributed by atoms with Crippen molar-refractivity contribution >= 4 is 0 Å². The lowest BCUT2D eigenvalue weighted by atomic mass is 9.98. The number of ether oxygens (including phenoxy) is 1. The molecule has 1 aliphatic rings. The van der Waals surface area contributed by atoms with E-state index < -0.39 is 6.10 Å². The van der Waals surface area contributed by atoms with Gasteiger partial charge in [-0.25, -0.2) is 0 Å². The van der Waals surface area contributed by atoms with E-state index in [2.05, 4.69) is 12.1 Å². The van der Waals surface area contributed by atoms with Crippen LogP contribution in [0.2, 0.25) is 0 Å². The Morgan fingerprint density at radius 3 is 2.33 bits per heavy atom. The molecule has 0 aromatic heterocycles. The number of hydrogen-bond donors (Lipinski definition) is 1. The molecule has 0 amide bonds. The van der Waals surface area contributed by atoms with Crippen molar-refractivity contribution in [2.45, 2.75) is 44.8 Å². The van der Waals surface area contributed by atoms with Crippen molar-refractivity contribution in [3.8, 4) is 5.75 Å². The second kappa shape index (κ2) is 5.90. The zero-order chi connectivity index (χ0) is 14.8. The monoisotopic (exact) mass is 282 g/mol. The molecule has 0 spiro atoms. The van der Waals surface area contributed by atoms with E-state index in [1.807, 2.05) is 50.2 Å². The maximum atomic E-state index is 10.6. The Labute approximate surface area is 126 Å². The number of hydrogen-bond acceptors (Lipinski definition) is 2. The molecule has 2 heteroatoms. The minimum Gasteiger partial charge on any atom is -0.491 e. The molecule has 21 heavy (non-hydrogen) atoms. The van der Waals surface area contributed by atoms with Crippen LogP contribution in [-0.4, -0.2) is 11.2 Å². The van der Waals surface area contributed by atoms with Gasteiger partial charge in [-0.05, 0) is 61.4 Å². The van der Waals surface area contributed by atoms with E-state index in [1.54, 1.807) is 0 Å². The molecule has 2 aromatic carbocycles. The molecule has 3 rings (SSSR count). The normalized spacial score (nSPS) is 16.0. The largest absolute Gasteiger partial charge is 0.491 e. The van der Waals surface area contributed by atoms with Crippen molar-refractivity contribution in [2.75, 3.05) is 0 Å². The molecule has 0 bridgehead atoms. The highest BCUT2D eigenvalue weighted by atomic mass is 16.5. The van der Waals surface area contributed by atoms with Crippen molar-refractivity contribution in [3.63, 3.8) is 0 Å². The van der Waals surface area contributed by atoms with Crippen molar-refractivity contribution in [3.05, 3.63) is 65.2 Å². The summed E-state index contributed by atoms with van der Waals surface area (Å²) >= 11 is 0. The summed E-state index contributed by atoms with van der Waals surface area (Å²) in [4.78, 5) is 0. The van der Waals surface area contributed by atoms with Crippen LogP contribution in [0.4, 0.5) is 0 Å². The van der Waals surface area contributed by atoms with Crippen molar-refractivity contribution < 1.29 is 9.84 Å². The molecule has 1 fully saturated rings. The third-order valence-electron chi connectivity index (χ3n) is 3.82. The van der Waals surface area contributed by atoms with Crippen LogP contribution >= 0.6 is 0 Å². The first kappa shape index (κ1) is 14.2. The highest BCUT2D eigenvalue weighted by Crippen LogP contribution is 2.41. The maximum absolute atomic E-state index is 10.6. The van der Waals surface area contributed by atoms with Crippen LogP contribution in [0.5, 0.6) is 5.75 Å². The molecule has 1 atom stereocenters. The van der Waals surface area contributed by atoms with Gasteiger partial charge in [0.05, 0.1) is 6.10 Å². The first-order chi connectivity index (χ1) is 10.1. The van der Waals surface area contributed by atoms with Crippen LogP contribution in [-0.2, 0) is 0 Å². The molecule has 1 N–H and O–H groups in total. The fourth-order valence-electron chi connectivity index (χ4n) is 2.62. The van der Waals surface area contributed by atoms with Gasteiger partial charge in [-0.15, -0.1) is 0 Å². The average Bonchev–Trinajstić information content (AvgIpc) is 3.31. The molecule has 0 aliphatic heterocycles. The predicted molar refractivity (Wildman–Crippen MR) is 84.7 cm³/mol. The highest BCUT2D eigenvalue weighted by Gasteiger charge is 2.24. The van der Waals surface area contributed by atoms with Gasteiger partial charge >= 0.3 is 0 Å². The van der Waals surface area contributed by atoms with Gasteiger partial charge in [0.15, 0.2) is 0 Å². The standard InChI is InChI=1S/C19H22O2/c1-13(2)21-18-8-4-7-17(12-18)19(20)16-6-3-5-15(11-16)14-9-10-14/h3-8,11-14,19-20H,9-10H2,1-2H3. The SMILES string of the molecule is CC(C)Oc1cccc(C(O)c2cccc(C3CC3)c2)c1. The number of aliphatic hydroxyl groups is 1. The number of aliphatic hydroxyl groups excluding tert-OH is 1. The van der Waals surface area contributed by atoms with Crippen LogP contribution in [0.25, 0.3) is 0 Å². The summed E-state index contributed by atoms with van der Waals surface area (Å²) in [6.07, 6.45) is 2.09. The van der Waals surface area contributed by atoms with E-state index in [0.29, 0.717) is 5.92 Å². The zero-order valence-electron chi connectivity index (χ0n) is 12.6. The molecule has 0 heterocycles. The summed E-state index contributed by atoms with van der Waals surface area (Å²) in [6.45, 7) is 4.00. The van der Waals surface area contributed by atoms with E-state index in [1.165, 1.54) is 18.4 Å². The summed E-state index contributed by atoms with van der Waals surface area (Å²) in [6, 6.07) is 16.1.